The van der Waals surface area contributed by atoms with Gasteiger partial charge in [0.15, 0.2) is 5.65 Å². The Bertz CT molecular complexity index is 918. The summed E-state index contributed by atoms with van der Waals surface area (Å²) in [6.07, 6.45) is 8.62. The molecule has 26 heavy (non-hydrogen) atoms. The van der Waals surface area contributed by atoms with Crippen LogP contribution in [0.15, 0.2) is 43.0 Å². The first-order chi connectivity index (χ1) is 12.6. The molecule has 1 amide bonds. The Morgan fingerprint density at radius 1 is 1.35 bits per heavy atom. The van der Waals surface area contributed by atoms with E-state index in [1.807, 2.05) is 31.3 Å². The first-order valence-corrected chi connectivity index (χ1v) is 8.79. The molecule has 134 valence electrons. The number of aromatic nitrogens is 4. The molecular formula is C19H21N5O2. The second kappa shape index (κ2) is 6.84. The molecule has 4 rings (SSSR count). The molecule has 0 unspecified atom stereocenters. The average Bonchev–Trinajstić information content (AvgIpc) is 3.02. The van der Waals surface area contributed by atoms with Crippen LogP contribution in [0.3, 0.4) is 0 Å². The second-order valence-corrected chi connectivity index (χ2v) is 6.95. The van der Waals surface area contributed by atoms with Gasteiger partial charge in [-0.1, -0.05) is 6.07 Å². The topological polar surface area (TPSA) is 92.4 Å². The smallest absolute Gasteiger partial charge is 0.257 e. The molecular weight excluding hydrogens is 330 g/mol. The van der Waals surface area contributed by atoms with Crippen LogP contribution in [0.4, 0.5) is 0 Å². The number of pyridine rings is 1. The van der Waals surface area contributed by atoms with Crippen molar-refractivity contribution in [2.75, 3.05) is 0 Å². The molecule has 7 heteroatoms. The fourth-order valence-corrected chi connectivity index (χ4v) is 3.41. The van der Waals surface area contributed by atoms with Crippen LogP contribution in [0.2, 0.25) is 0 Å². The van der Waals surface area contributed by atoms with Crippen LogP contribution in [0.25, 0.3) is 5.65 Å². The molecule has 3 aromatic heterocycles. The summed E-state index contributed by atoms with van der Waals surface area (Å²) < 4.78 is 1.62. The lowest BCUT2D eigenvalue weighted by Crippen LogP contribution is -2.48. The number of amides is 1. The summed E-state index contributed by atoms with van der Waals surface area (Å²) in [5, 5.41) is 17.0. The van der Waals surface area contributed by atoms with Gasteiger partial charge < -0.3 is 10.4 Å². The van der Waals surface area contributed by atoms with Gasteiger partial charge in [0.2, 0.25) is 0 Å². The number of nitrogens with one attached hydrogen (secondary N) is 1. The summed E-state index contributed by atoms with van der Waals surface area (Å²) >= 11 is 0. The van der Waals surface area contributed by atoms with Gasteiger partial charge in [0.25, 0.3) is 5.91 Å². The zero-order chi connectivity index (χ0) is 18.1. The van der Waals surface area contributed by atoms with Crippen LogP contribution in [0, 0.1) is 12.8 Å². The Morgan fingerprint density at radius 3 is 2.92 bits per heavy atom. The predicted octanol–water partition coefficient (Wildman–Crippen LogP) is 1.54. The zero-order valence-electron chi connectivity index (χ0n) is 14.5. The molecule has 0 bridgehead atoms. The molecule has 7 nitrogen and oxygen atoms in total. The van der Waals surface area contributed by atoms with E-state index in [2.05, 4.69) is 20.4 Å². The van der Waals surface area contributed by atoms with Crippen molar-refractivity contribution in [1.82, 2.24) is 24.9 Å². The monoisotopic (exact) mass is 351 g/mol. The number of aliphatic hydroxyl groups is 1. The van der Waals surface area contributed by atoms with Gasteiger partial charge in [-0.15, -0.1) is 0 Å². The zero-order valence-corrected chi connectivity index (χ0v) is 14.5. The van der Waals surface area contributed by atoms with E-state index < -0.39 is 0 Å². The number of nitrogens with zero attached hydrogens (tertiary/aromatic N) is 4. The largest absolute Gasteiger partial charge is 0.393 e. The van der Waals surface area contributed by atoms with Gasteiger partial charge >= 0.3 is 0 Å². The molecule has 3 aromatic rings. The summed E-state index contributed by atoms with van der Waals surface area (Å²) in [4.78, 5) is 21.5. The lowest BCUT2D eigenvalue weighted by atomic mass is 9.76. The maximum atomic E-state index is 12.8. The second-order valence-electron chi connectivity index (χ2n) is 6.95. The average molecular weight is 351 g/mol. The number of hydrogen-bond donors (Lipinski definition) is 2. The minimum absolute atomic E-state index is 0.0822. The van der Waals surface area contributed by atoms with Crippen molar-refractivity contribution in [3.63, 3.8) is 0 Å². The lowest BCUT2D eigenvalue weighted by Gasteiger charge is -2.38. The summed E-state index contributed by atoms with van der Waals surface area (Å²) in [6.45, 7) is 1.93. The molecule has 0 aliphatic heterocycles. The van der Waals surface area contributed by atoms with Gasteiger partial charge in [0.05, 0.1) is 12.3 Å². The molecule has 0 saturated heterocycles. The van der Waals surface area contributed by atoms with Crippen molar-refractivity contribution in [1.29, 1.82) is 0 Å². The van der Waals surface area contributed by atoms with Gasteiger partial charge in [-0.05, 0) is 43.4 Å². The SMILES string of the molecule is Cc1cnc2c(C(=O)N[C@@H](Cc3ccccn3)C3CC(O)C3)cnn2c1. The summed E-state index contributed by atoms with van der Waals surface area (Å²) in [5.74, 6) is 0.0478. The Hall–Kier alpha value is -2.80. The van der Waals surface area contributed by atoms with E-state index in [-0.39, 0.29) is 24.0 Å². The Labute approximate surface area is 151 Å². The normalized spacial score (nSPS) is 20.5. The van der Waals surface area contributed by atoms with E-state index in [0.29, 0.717) is 30.5 Å². The maximum absolute atomic E-state index is 12.8. The van der Waals surface area contributed by atoms with Crippen molar-refractivity contribution in [2.24, 2.45) is 5.92 Å². The number of carbonyl (C=O) groups is 1. The molecule has 1 aliphatic rings. The molecule has 1 aliphatic carbocycles. The van der Waals surface area contributed by atoms with Crippen LogP contribution >= 0.6 is 0 Å². The Morgan fingerprint density at radius 2 is 2.19 bits per heavy atom. The van der Waals surface area contributed by atoms with Crippen molar-refractivity contribution < 1.29 is 9.90 Å². The third-order valence-electron chi connectivity index (χ3n) is 4.92. The van der Waals surface area contributed by atoms with Crippen LogP contribution < -0.4 is 5.32 Å². The van der Waals surface area contributed by atoms with Gasteiger partial charge in [0, 0.05) is 36.7 Å². The number of carbonyl (C=O) groups excluding carboxylic acids is 1. The van der Waals surface area contributed by atoms with E-state index in [1.54, 1.807) is 23.1 Å². The van der Waals surface area contributed by atoms with E-state index in [9.17, 15) is 9.90 Å². The van der Waals surface area contributed by atoms with Crippen molar-refractivity contribution in [2.45, 2.75) is 38.3 Å². The van der Waals surface area contributed by atoms with Crippen LogP contribution in [-0.2, 0) is 6.42 Å². The fourth-order valence-electron chi connectivity index (χ4n) is 3.41. The lowest BCUT2D eigenvalue weighted by molar-refractivity contribution is 0.0238. The molecule has 3 heterocycles. The highest BCUT2D eigenvalue weighted by molar-refractivity contribution is 5.99. The van der Waals surface area contributed by atoms with E-state index in [4.69, 9.17) is 0 Å². The van der Waals surface area contributed by atoms with Crippen LogP contribution in [-0.4, -0.2) is 42.7 Å². The van der Waals surface area contributed by atoms with Crippen molar-refractivity contribution >= 4 is 11.6 Å². The number of hydrogen-bond acceptors (Lipinski definition) is 5. The molecule has 0 radical (unpaired) electrons. The van der Waals surface area contributed by atoms with Gasteiger partial charge in [0.1, 0.15) is 5.56 Å². The van der Waals surface area contributed by atoms with Crippen LogP contribution in [0.1, 0.15) is 34.5 Å². The highest BCUT2D eigenvalue weighted by atomic mass is 16.3. The third-order valence-corrected chi connectivity index (χ3v) is 4.92. The number of rotatable bonds is 5. The number of aryl methyl sites for hydroxylation is 1. The number of aliphatic hydroxyl groups excluding tert-OH is 1. The Kier molecular flexibility index (Phi) is 4.38. The number of fused-ring (bicyclic) bond motifs is 1. The van der Waals surface area contributed by atoms with Gasteiger partial charge in [-0.3, -0.25) is 9.78 Å². The van der Waals surface area contributed by atoms with Crippen molar-refractivity contribution in [3.8, 4) is 0 Å². The third kappa shape index (κ3) is 3.30. The molecule has 0 spiro atoms. The summed E-state index contributed by atoms with van der Waals surface area (Å²) in [5.41, 5.74) is 2.89. The first kappa shape index (κ1) is 16.7. The maximum Gasteiger partial charge on any atom is 0.257 e. The van der Waals surface area contributed by atoms with Crippen molar-refractivity contribution in [3.05, 3.63) is 59.8 Å². The minimum Gasteiger partial charge on any atom is -0.393 e. The van der Waals surface area contributed by atoms with Crippen LogP contribution in [0.5, 0.6) is 0 Å². The van der Waals surface area contributed by atoms with E-state index in [0.717, 1.165) is 11.3 Å². The highest BCUT2D eigenvalue weighted by Gasteiger charge is 2.35. The van der Waals surface area contributed by atoms with Gasteiger partial charge in [-0.25, -0.2) is 9.50 Å². The van der Waals surface area contributed by atoms with Gasteiger partial charge in [-0.2, -0.15) is 5.10 Å². The first-order valence-electron chi connectivity index (χ1n) is 8.79. The Balaban J connectivity index is 1.55. The quantitative estimate of drug-likeness (QED) is 0.727. The van der Waals surface area contributed by atoms with E-state index in [1.165, 1.54) is 0 Å². The highest BCUT2D eigenvalue weighted by Crippen LogP contribution is 2.31. The fraction of sp³-hybridized carbons (Fsp3) is 0.368. The molecule has 1 fully saturated rings. The molecule has 1 saturated carbocycles. The molecule has 1 atom stereocenters. The molecule has 0 aromatic carbocycles. The molecule has 2 N–H and O–H groups in total. The minimum atomic E-state index is -0.273. The standard InChI is InChI=1S/C19H21N5O2/c1-12-9-21-18-16(10-22-24(18)11-12)19(26)23-17(13-6-15(25)7-13)8-14-4-2-3-5-20-14/h2-5,9-11,13,15,17,25H,6-8H2,1H3,(H,23,26)/t13?,15?,17-/m0/s1. The summed E-state index contributed by atoms with van der Waals surface area (Å²) in [6, 6.07) is 5.68. The predicted molar refractivity (Wildman–Crippen MR) is 95.7 cm³/mol. The van der Waals surface area contributed by atoms with E-state index >= 15 is 0 Å². The summed E-state index contributed by atoms with van der Waals surface area (Å²) in [7, 11) is 0.